The molecule has 0 aliphatic rings. The van der Waals surface area contributed by atoms with Crippen LogP contribution in [0.25, 0.3) is 10.8 Å². The maximum atomic E-state index is 5.93. The van der Waals surface area contributed by atoms with Gasteiger partial charge in [0.25, 0.3) is 0 Å². The Morgan fingerprint density at radius 3 is 2.64 bits per heavy atom. The Morgan fingerprint density at radius 2 is 1.93 bits per heavy atom. The van der Waals surface area contributed by atoms with Gasteiger partial charge in [-0.15, -0.1) is 0 Å². The average molecular weight is 292 g/mol. The molecule has 0 aromatic carbocycles. The average Bonchev–Trinajstić information content (AvgIpc) is 2.18. The van der Waals surface area contributed by atoms with Gasteiger partial charge in [-0.05, 0) is 17.0 Å². The third kappa shape index (κ3) is 1.72. The number of rotatable bonds is 1. The topological polar surface area (TPSA) is 25.8 Å². The van der Waals surface area contributed by atoms with Crippen molar-refractivity contribution in [3.63, 3.8) is 0 Å². The number of hydrogen-bond acceptors (Lipinski definition) is 2. The second kappa shape index (κ2) is 4.01. The molecule has 0 spiro atoms. The summed E-state index contributed by atoms with van der Waals surface area (Å²) in [5.74, 6) is 0. The summed E-state index contributed by atoms with van der Waals surface area (Å²) in [6.07, 6.45) is 3.37. The standard InChI is InChI=1S/C9H5BrCl2N2/c10-2-5-3-14-9(12)7-4-13-8(11)1-6(5)7/h1,3-4H,2H2. The molecule has 0 aliphatic carbocycles. The molecule has 0 aliphatic heterocycles. The smallest absolute Gasteiger partial charge is 0.138 e. The van der Waals surface area contributed by atoms with E-state index in [1.165, 1.54) is 0 Å². The van der Waals surface area contributed by atoms with E-state index in [0.29, 0.717) is 15.6 Å². The van der Waals surface area contributed by atoms with Crippen molar-refractivity contribution in [3.05, 3.63) is 34.3 Å². The molecular formula is C9H5BrCl2N2. The van der Waals surface area contributed by atoms with Crippen LogP contribution >= 0.6 is 39.1 Å². The van der Waals surface area contributed by atoms with Crippen molar-refractivity contribution in [2.24, 2.45) is 0 Å². The van der Waals surface area contributed by atoms with Gasteiger partial charge in [-0.3, -0.25) is 0 Å². The van der Waals surface area contributed by atoms with Gasteiger partial charge < -0.3 is 0 Å². The number of hydrogen-bond donors (Lipinski definition) is 0. The summed E-state index contributed by atoms with van der Waals surface area (Å²) in [6.45, 7) is 0. The number of alkyl halides is 1. The van der Waals surface area contributed by atoms with E-state index in [-0.39, 0.29) is 0 Å². The summed E-state index contributed by atoms with van der Waals surface area (Å²) in [5.41, 5.74) is 1.05. The summed E-state index contributed by atoms with van der Waals surface area (Å²) >= 11 is 15.1. The lowest BCUT2D eigenvalue weighted by Gasteiger charge is -2.04. The van der Waals surface area contributed by atoms with Gasteiger partial charge in [0, 0.05) is 23.1 Å². The van der Waals surface area contributed by atoms with Gasteiger partial charge in [0.2, 0.25) is 0 Å². The number of fused-ring (bicyclic) bond motifs is 1. The monoisotopic (exact) mass is 290 g/mol. The van der Waals surface area contributed by atoms with Crippen LogP contribution in [-0.2, 0) is 5.33 Å². The highest BCUT2D eigenvalue weighted by Crippen LogP contribution is 2.26. The molecule has 0 N–H and O–H groups in total. The first-order chi connectivity index (χ1) is 6.72. The van der Waals surface area contributed by atoms with E-state index in [0.717, 1.165) is 16.3 Å². The number of aromatic nitrogens is 2. The highest BCUT2D eigenvalue weighted by Gasteiger charge is 2.06. The van der Waals surface area contributed by atoms with Crippen molar-refractivity contribution in [2.45, 2.75) is 5.33 Å². The molecule has 0 bridgehead atoms. The molecule has 2 nitrogen and oxygen atoms in total. The number of nitrogens with zero attached hydrogens (tertiary/aromatic N) is 2. The molecule has 0 saturated carbocycles. The van der Waals surface area contributed by atoms with Crippen LogP contribution in [0, 0.1) is 0 Å². The van der Waals surface area contributed by atoms with Gasteiger partial charge in [0.05, 0.1) is 0 Å². The summed E-state index contributed by atoms with van der Waals surface area (Å²) in [6, 6.07) is 1.79. The summed E-state index contributed by atoms with van der Waals surface area (Å²) < 4.78 is 0. The van der Waals surface area contributed by atoms with Gasteiger partial charge in [-0.1, -0.05) is 39.1 Å². The molecule has 0 unspecified atom stereocenters. The molecule has 2 rings (SSSR count). The lowest BCUT2D eigenvalue weighted by molar-refractivity contribution is 1.27. The minimum Gasteiger partial charge on any atom is -0.244 e. The van der Waals surface area contributed by atoms with Crippen LogP contribution in [0.1, 0.15) is 5.56 Å². The molecule has 0 fully saturated rings. The lowest BCUT2D eigenvalue weighted by atomic mass is 10.1. The molecule has 2 heterocycles. The van der Waals surface area contributed by atoms with Crippen LogP contribution in [0.2, 0.25) is 10.3 Å². The SMILES string of the molecule is Clc1cc2c(CBr)cnc(Cl)c2cn1. The second-order valence-electron chi connectivity index (χ2n) is 2.76. The molecule has 0 amide bonds. The van der Waals surface area contributed by atoms with Crippen molar-refractivity contribution in [1.29, 1.82) is 0 Å². The number of halogens is 3. The Labute approximate surface area is 99.4 Å². The van der Waals surface area contributed by atoms with Gasteiger partial charge in [0.1, 0.15) is 10.3 Å². The molecular weight excluding hydrogens is 287 g/mol. The molecule has 14 heavy (non-hydrogen) atoms. The maximum Gasteiger partial charge on any atom is 0.138 e. The van der Waals surface area contributed by atoms with Crippen LogP contribution in [0.15, 0.2) is 18.5 Å². The maximum absolute atomic E-state index is 5.93. The van der Waals surface area contributed by atoms with Crippen LogP contribution in [-0.4, -0.2) is 9.97 Å². The predicted molar refractivity (Wildman–Crippen MR) is 62.2 cm³/mol. The van der Waals surface area contributed by atoms with E-state index in [4.69, 9.17) is 23.2 Å². The zero-order valence-corrected chi connectivity index (χ0v) is 10.1. The first-order valence-corrected chi connectivity index (χ1v) is 5.74. The van der Waals surface area contributed by atoms with Crippen LogP contribution in [0.5, 0.6) is 0 Å². The van der Waals surface area contributed by atoms with E-state index in [9.17, 15) is 0 Å². The Balaban J connectivity index is 2.85. The minimum absolute atomic E-state index is 0.453. The van der Waals surface area contributed by atoms with Crippen molar-refractivity contribution < 1.29 is 0 Å². The van der Waals surface area contributed by atoms with Crippen molar-refractivity contribution >= 4 is 49.9 Å². The molecule has 5 heteroatoms. The van der Waals surface area contributed by atoms with Gasteiger partial charge in [-0.25, -0.2) is 9.97 Å². The number of pyridine rings is 2. The van der Waals surface area contributed by atoms with E-state index >= 15 is 0 Å². The Kier molecular flexibility index (Phi) is 2.91. The van der Waals surface area contributed by atoms with Crippen molar-refractivity contribution in [1.82, 2.24) is 9.97 Å². The van der Waals surface area contributed by atoms with Crippen LogP contribution in [0.3, 0.4) is 0 Å². The van der Waals surface area contributed by atoms with E-state index in [1.807, 2.05) is 0 Å². The van der Waals surface area contributed by atoms with Crippen LogP contribution < -0.4 is 0 Å². The predicted octanol–water partition coefficient (Wildman–Crippen LogP) is 3.83. The minimum atomic E-state index is 0.453. The van der Waals surface area contributed by atoms with E-state index in [2.05, 4.69) is 25.9 Å². The molecule has 2 aromatic heterocycles. The summed E-state index contributed by atoms with van der Waals surface area (Å²) in [4.78, 5) is 8.03. The van der Waals surface area contributed by atoms with E-state index in [1.54, 1.807) is 18.5 Å². The third-order valence-electron chi connectivity index (χ3n) is 1.92. The fraction of sp³-hybridized carbons (Fsp3) is 0.111. The quantitative estimate of drug-likeness (QED) is 0.589. The summed E-state index contributed by atoms with van der Waals surface area (Å²) in [5, 5.41) is 3.44. The van der Waals surface area contributed by atoms with Crippen molar-refractivity contribution in [2.75, 3.05) is 0 Å². The molecule has 0 saturated heterocycles. The Morgan fingerprint density at radius 1 is 1.14 bits per heavy atom. The zero-order valence-electron chi connectivity index (χ0n) is 6.97. The Bertz CT molecular complexity index is 487. The zero-order chi connectivity index (χ0) is 10.1. The first kappa shape index (κ1) is 10.1. The molecule has 72 valence electrons. The normalized spacial score (nSPS) is 10.8. The van der Waals surface area contributed by atoms with Crippen LogP contribution in [0.4, 0.5) is 0 Å². The largest absolute Gasteiger partial charge is 0.244 e. The molecule has 0 atom stereocenters. The highest BCUT2D eigenvalue weighted by atomic mass is 79.9. The lowest BCUT2D eigenvalue weighted by Crippen LogP contribution is -1.88. The highest BCUT2D eigenvalue weighted by molar-refractivity contribution is 9.08. The second-order valence-corrected chi connectivity index (χ2v) is 4.07. The van der Waals surface area contributed by atoms with E-state index < -0.39 is 0 Å². The first-order valence-electron chi connectivity index (χ1n) is 3.87. The van der Waals surface area contributed by atoms with Crippen molar-refractivity contribution in [3.8, 4) is 0 Å². The fourth-order valence-electron chi connectivity index (χ4n) is 1.24. The van der Waals surface area contributed by atoms with Gasteiger partial charge in [0.15, 0.2) is 0 Å². The third-order valence-corrected chi connectivity index (χ3v) is 3.03. The van der Waals surface area contributed by atoms with Gasteiger partial charge >= 0.3 is 0 Å². The fourth-order valence-corrected chi connectivity index (χ4v) is 2.04. The Hall–Kier alpha value is -0.380. The molecule has 0 radical (unpaired) electrons. The summed E-state index contributed by atoms with van der Waals surface area (Å²) in [7, 11) is 0. The van der Waals surface area contributed by atoms with Gasteiger partial charge in [-0.2, -0.15) is 0 Å². The molecule has 2 aromatic rings.